The highest BCUT2D eigenvalue weighted by atomic mass is 16.3. The summed E-state index contributed by atoms with van der Waals surface area (Å²) in [6.07, 6.45) is 6.67. The number of hydrogen-bond donors (Lipinski definition) is 1. The molecule has 4 aromatic rings. The fourth-order valence-corrected chi connectivity index (χ4v) is 3.19. The molecule has 0 bridgehead atoms. The van der Waals surface area contributed by atoms with E-state index in [-0.39, 0.29) is 24.6 Å². The molecule has 0 spiro atoms. The molecule has 2 amide bonds. The van der Waals surface area contributed by atoms with Gasteiger partial charge in [-0.1, -0.05) is 24.1 Å². The molecule has 8 nitrogen and oxygen atoms in total. The van der Waals surface area contributed by atoms with E-state index in [1.165, 1.54) is 18.3 Å². The average molecular weight is 414 g/mol. The fraction of sp³-hybridized carbons (Fsp3) is 0.130. The van der Waals surface area contributed by atoms with E-state index >= 15 is 0 Å². The Hall–Kier alpha value is -4.38. The van der Waals surface area contributed by atoms with Gasteiger partial charge < -0.3 is 14.6 Å². The van der Waals surface area contributed by atoms with Crippen LogP contribution in [0.15, 0.2) is 64.1 Å². The SMILES string of the molecule is C#Cc1cccc(NC(=O)CN(C)C(=O)Cn2cnc3c(oc4ccccc43)c2=O)c1. The Balaban J connectivity index is 1.46. The molecule has 1 N–H and O–H groups in total. The molecule has 154 valence electrons. The van der Waals surface area contributed by atoms with Crippen molar-refractivity contribution in [2.24, 2.45) is 0 Å². The predicted octanol–water partition coefficient (Wildman–Crippen LogP) is 2.22. The number of para-hydroxylation sites is 1. The lowest BCUT2D eigenvalue weighted by atomic mass is 10.2. The third kappa shape index (κ3) is 4.02. The molecule has 2 heterocycles. The Morgan fingerprint density at radius 2 is 2.03 bits per heavy atom. The first-order valence-electron chi connectivity index (χ1n) is 9.43. The van der Waals surface area contributed by atoms with E-state index in [1.54, 1.807) is 36.4 Å². The lowest BCUT2D eigenvalue weighted by Crippen LogP contribution is -2.38. The van der Waals surface area contributed by atoms with Crippen molar-refractivity contribution in [3.05, 3.63) is 70.8 Å². The maximum Gasteiger partial charge on any atom is 0.297 e. The molecule has 0 aliphatic rings. The van der Waals surface area contributed by atoms with Crippen molar-refractivity contribution in [1.82, 2.24) is 14.5 Å². The summed E-state index contributed by atoms with van der Waals surface area (Å²) in [5, 5.41) is 3.42. The van der Waals surface area contributed by atoms with Crippen LogP contribution in [0.3, 0.4) is 0 Å². The number of benzene rings is 2. The van der Waals surface area contributed by atoms with Gasteiger partial charge in [0.15, 0.2) is 0 Å². The minimum Gasteiger partial charge on any atom is -0.448 e. The molecule has 0 saturated carbocycles. The molecule has 0 aliphatic carbocycles. The quantitative estimate of drug-likeness (QED) is 0.505. The molecule has 0 saturated heterocycles. The summed E-state index contributed by atoms with van der Waals surface area (Å²) in [7, 11) is 1.48. The number of likely N-dealkylation sites (N-methyl/N-ethyl adjacent to an activating group) is 1. The van der Waals surface area contributed by atoms with Crippen LogP contribution in [0.4, 0.5) is 5.69 Å². The summed E-state index contributed by atoms with van der Waals surface area (Å²) in [5.41, 5.74) is 1.80. The molecule has 31 heavy (non-hydrogen) atoms. The molecular weight excluding hydrogens is 396 g/mol. The van der Waals surface area contributed by atoms with Crippen molar-refractivity contribution in [3.63, 3.8) is 0 Å². The highest BCUT2D eigenvalue weighted by Gasteiger charge is 2.17. The van der Waals surface area contributed by atoms with Crippen molar-refractivity contribution in [2.75, 3.05) is 18.9 Å². The van der Waals surface area contributed by atoms with E-state index in [1.807, 2.05) is 12.1 Å². The number of furan rings is 1. The number of fused-ring (bicyclic) bond motifs is 3. The normalized spacial score (nSPS) is 10.7. The molecule has 2 aromatic carbocycles. The van der Waals surface area contributed by atoms with Crippen molar-refractivity contribution >= 4 is 39.6 Å². The van der Waals surface area contributed by atoms with Gasteiger partial charge in [0.2, 0.25) is 17.4 Å². The first kappa shape index (κ1) is 19.9. The van der Waals surface area contributed by atoms with E-state index in [9.17, 15) is 14.4 Å². The summed E-state index contributed by atoms with van der Waals surface area (Å²) in [6.45, 7) is -0.455. The largest absolute Gasteiger partial charge is 0.448 e. The third-order valence-corrected chi connectivity index (χ3v) is 4.78. The Labute approximate surface area is 177 Å². The second kappa shape index (κ2) is 8.16. The van der Waals surface area contributed by atoms with Gasteiger partial charge >= 0.3 is 0 Å². The summed E-state index contributed by atoms with van der Waals surface area (Å²) >= 11 is 0. The first-order valence-corrected chi connectivity index (χ1v) is 9.43. The molecule has 0 radical (unpaired) electrons. The Morgan fingerprint density at radius 3 is 2.84 bits per heavy atom. The molecule has 0 fully saturated rings. The van der Waals surface area contributed by atoms with Crippen molar-refractivity contribution in [3.8, 4) is 12.3 Å². The summed E-state index contributed by atoms with van der Waals surface area (Å²) < 4.78 is 6.78. The Kier molecular flexibility index (Phi) is 5.24. The maximum absolute atomic E-state index is 12.7. The van der Waals surface area contributed by atoms with Crippen LogP contribution in [-0.4, -0.2) is 39.9 Å². The van der Waals surface area contributed by atoms with Crippen LogP contribution in [0, 0.1) is 12.3 Å². The zero-order valence-electron chi connectivity index (χ0n) is 16.7. The Bertz CT molecular complexity index is 1410. The lowest BCUT2D eigenvalue weighted by Gasteiger charge is -2.17. The molecule has 4 rings (SSSR count). The van der Waals surface area contributed by atoms with E-state index in [0.29, 0.717) is 22.4 Å². The monoisotopic (exact) mass is 414 g/mol. The zero-order valence-corrected chi connectivity index (χ0v) is 16.7. The predicted molar refractivity (Wildman–Crippen MR) is 116 cm³/mol. The minimum atomic E-state index is -0.460. The fourth-order valence-electron chi connectivity index (χ4n) is 3.19. The Morgan fingerprint density at radius 1 is 1.23 bits per heavy atom. The van der Waals surface area contributed by atoms with Gasteiger partial charge in [0, 0.05) is 23.7 Å². The topological polar surface area (TPSA) is 97.4 Å². The average Bonchev–Trinajstić information content (AvgIpc) is 3.15. The lowest BCUT2D eigenvalue weighted by molar-refractivity contribution is -0.133. The molecule has 0 aliphatic heterocycles. The number of rotatable bonds is 5. The van der Waals surface area contributed by atoms with Crippen molar-refractivity contribution in [1.29, 1.82) is 0 Å². The van der Waals surface area contributed by atoms with Crippen molar-refractivity contribution < 1.29 is 14.0 Å². The summed E-state index contributed by atoms with van der Waals surface area (Å²) in [6, 6.07) is 14.0. The van der Waals surface area contributed by atoms with Crippen LogP contribution in [0.2, 0.25) is 0 Å². The van der Waals surface area contributed by atoms with Gasteiger partial charge in [0.25, 0.3) is 5.56 Å². The third-order valence-electron chi connectivity index (χ3n) is 4.78. The molecule has 2 aromatic heterocycles. The number of hydrogen-bond acceptors (Lipinski definition) is 5. The second-order valence-corrected chi connectivity index (χ2v) is 6.98. The highest BCUT2D eigenvalue weighted by molar-refractivity contribution is 6.01. The number of nitrogens with zero attached hydrogens (tertiary/aromatic N) is 3. The number of anilines is 1. The van der Waals surface area contributed by atoms with Crippen LogP contribution in [-0.2, 0) is 16.1 Å². The summed E-state index contributed by atoms with van der Waals surface area (Å²) in [5.74, 6) is 1.68. The molecular formula is C23H18N4O4. The van der Waals surface area contributed by atoms with Gasteiger partial charge in [-0.05, 0) is 30.3 Å². The zero-order chi connectivity index (χ0) is 22.0. The van der Waals surface area contributed by atoms with Crippen LogP contribution in [0.1, 0.15) is 5.56 Å². The van der Waals surface area contributed by atoms with Gasteiger partial charge in [0.1, 0.15) is 17.6 Å². The number of aromatic nitrogens is 2. The molecule has 0 unspecified atom stereocenters. The number of carbonyl (C=O) groups excluding carboxylic acids is 2. The highest BCUT2D eigenvalue weighted by Crippen LogP contribution is 2.24. The first-order chi connectivity index (χ1) is 15.0. The second-order valence-electron chi connectivity index (χ2n) is 6.98. The van der Waals surface area contributed by atoms with Crippen LogP contribution >= 0.6 is 0 Å². The van der Waals surface area contributed by atoms with Gasteiger partial charge in [-0.25, -0.2) is 4.98 Å². The summed E-state index contributed by atoms with van der Waals surface area (Å²) in [4.78, 5) is 43.1. The van der Waals surface area contributed by atoms with Gasteiger partial charge in [0.05, 0.1) is 12.9 Å². The van der Waals surface area contributed by atoms with Gasteiger partial charge in [-0.15, -0.1) is 6.42 Å². The number of terminal acetylenes is 1. The number of nitrogens with one attached hydrogen (secondary N) is 1. The van der Waals surface area contributed by atoms with Crippen LogP contribution in [0.25, 0.3) is 22.1 Å². The maximum atomic E-state index is 12.7. The number of amides is 2. The van der Waals surface area contributed by atoms with Crippen LogP contribution < -0.4 is 10.9 Å². The van der Waals surface area contributed by atoms with Crippen LogP contribution in [0.5, 0.6) is 0 Å². The van der Waals surface area contributed by atoms with Crippen molar-refractivity contribution in [2.45, 2.75) is 6.54 Å². The number of carbonyl (C=O) groups is 2. The van der Waals surface area contributed by atoms with Gasteiger partial charge in [-0.3, -0.25) is 19.0 Å². The smallest absolute Gasteiger partial charge is 0.297 e. The van der Waals surface area contributed by atoms with E-state index in [0.717, 1.165) is 9.95 Å². The minimum absolute atomic E-state index is 0.0882. The standard InChI is InChI=1S/C23H18N4O4/c1-3-15-7-6-8-16(11-15)25-19(28)12-26(2)20(29)13-27-14-24-21-17-9-4-5-10-18(17)31-22(21)23(27)30/h1,4-11,14H,12-13H2,2H3,(H,25,28). The van der Waals surface area contributed by atoms with E-state index < -0.39 is 11.5 Å². The molecule has 0 atom stereocenters. The van der Waals surface area contributed by atoms with Gasteiger partial charge in [-0.2, -0.15) is 0 Å². The van der Waals surface area contributed by atoms with E-state index in [2.05, 4.69) is 16.2 Å². The molecule has 8 heteroatoms. The van der Waals surface area contributed by atoms with E-state index in [4.69, 9.17) is 10.8 Å².